The summed E-state index contributed by atoms with van der Waals surface area (Å²) in [5, 5.41) is 31.7. The number of likely N-dealkylation sites (tertiary alicyclic amines) is 2. The Bertz CT molecular complexity index is 957. The zero-order valence-corrected chi connectivity index (χ0v) is 21.2. The highest BCUT2D eigenvalue weighted by Gasteiger charge is 2.34. The Morgan fingerprint density at radius 2 is 1.86 bits per heavy atom. The second-order valence-electron chi connectivity index (χ2n) is 10.1. The average molecular weight is 496 g/mol. The lowest BCUT2D eigenvalue weighted by atomic mass is 9.76. The number of nitriles is 1. The Morgan fingerprint density at radius 1 is 1.19 bits per heavy atom. The van der Waals surface area contributed by atoms with Crippen LogP contribution >= 0.6 is 0 Å². The van der Waals surface area contributed by atoms with Gasteiger partial charge in [-0.25, -0.2) is 4.79 Å². The van der Waals surface area contributed by atoms with Gasteiger partial charge in [-0.1, -0.05) is 30.3 Å². The van der Waals surface area contributed by atoms with Crippen molar-refractivity contribution in [1.82, 2.24) is 15.1 Å². The highest BCUT2D eigenvalue weighted by atomic mass is 16.5. The number of nitrogens with zero attached hydrogens (tertiary/aromatic N) is 3. The van der Waals surface area contributed by atoms with Gasteiger partial charge in [0.2, 0.25) is 0 Å². The molecular weight excluding hydrogens is 459 g/mol. The smallest absolute Gasteiger partial charge is 0.447 e. The van der Waals surface area contributed by atoms with E-state index in [0.29, 0.717) is 13.0 Å². The van der Waals surface area contributed by atoms with Gasteiger partial charge in [-0.05, 0) is 77.1 Å². The molecule has 2 aliphatic heterocycles. The van der Waals surface area contributed by atoms with E-state index >= 15 is 0 Å². The zero-order valence-electron chi connectivity index (χ0n) is 21.2. The molecule has 9 nitrogen and oxygen atoms in total. The number of hydrogen-bond acceptors (Lipinski definition) is 7. The molecule has 3 N–H and O–H groups in total. The summed E-state index contributed by atoms with van der Waals surface area (Å²) in [6.45, 7) is 6.38. The van der Waals surface area contributed by atoms with Crippen molar-refractivity contribution in [2.45, 2.75) is 69.9 Å². The summed E-state index contributed by atoms with van der Waals surface area (Å²) >= 11 is 0. The van der Waals surface area contributed by atoms with Gasteiger partial charge in [0.25, 0.3) is 5.91 Å². The van der Waals surface area contributed by atoms with Crippen LogP contribution in [0.3, 0.4) is 0 Å². The fraction of sp³-hybridized carbons (Fsp3) is 0.577. The molecule has 1 aromatic carbocycles. The number of alkyl carbamates (subject to hydrolysis) is 1. The largest absolute Gasteiger partial charge is 0.475 e. The maximum Gasteiger partial charge on any atom is 0.475 e. The first-order valence-electron chi connectivity index (χ1n) is 12.7. The quantitative estimate of drug-likeness (QED) is 0.271. The Morgan fingerprint density at radius 3 is 2.50 bits per heavy atom. The Hall–Kier alpha value is -2.87. The predicted octanol–water partition coefficient (Wildman–Crippen LogP) is 2.04. The van der Waals surface area contributed by atoms with Crippen LogP contribution in [-0.4, -0.2) is 82.7 Å². The summed E-state index contributed by atoms with van der Waals surface area (Å²) in [6, 6.07) is 10.9. The highest BCUT2D eigenvalue weighted by molar-refractivity contribution is 6.43. The molecule has 1 aromatic rings. The van der Waals surface area contributed by atoms with E-state index in [9.17, 15) is 24.9 Å². The number of amides is 2. The van der Waals surface area contributed by atoms with Crippen LogP contribution in [0.4, 0.5) is 4.79 Å². The first kappa shape index (κ1) is 27.7. The number of piperidine rings is 1. The number of benzene rings is 1. The Balaban J connectivity index is 1.61. The first-order chi connectivity index (χ1) is 17.2. The van der Waals surface area contributed by atoms with Crippen molar-refractivity contribution >= 4 is 19.1 Å². The first-order valence-corrected chi connectivity index (χ1v) is 12.7. The molecule has 2 atom stereocenters. The van der Waals surface area contributed by atoms with E-state index in [1.54, 1.807) is 11.0 Å². The molecule has 2 saturated heterocycles. The van der Waals surface area contributed by atoms with E-state index in [0.717, 1.165) is 44.3 Å². The molecule has 0 aromatic heterocycles. The molecule has 0 radical (unpaired) electrons. The lowest BCUT2D eigenvalue weighted by molar-refractivity contribution is -0.131. The van der Waals surface area contributed by atoms with Gasteiger partial charge >= 0.3 is 13.2 Å². The lowest BCUT2D eigenvalue weighted by Gasteiger charge is -2.36. The third-order valence-corrected chi connectivity index (χ3v) is 7.03. The topological polar surface area (TPSA) is 126 Å². The summed E-state index contributed by atoms with van der Waals surface area (Å²) < 4.78 is 5.40. The van der Waals surface area contributed by atoms with Crippen molar-refractivity contribution in [1.29, 1.82) is 5.26 Å². The van der Waals surface area contributed by atoms with Gasteiger partial charge in [-0.2, -0.15) is 5.26 Å². The summed E-state index contributed by atoms with van der Waals surface area (Å²) in [5.74, 6) is -1.28. The number of carbonyl (C=O) groups excluding carboxylic acids is 2. The van der Waals surface area contributed by atoms with Gasteiger partial charge in [-0.15, -0.1) is 0 Å². The number of rotatable bonds is 9. The van der Waals surface area contributed by atoms with Gasteiger partial charge in [0.1, 0.15) is 18.2 Å². The van der Waals surface area contributed by atoms with Gasteiger partial charge in [0.15, 0.2) is 0 Å². The van der Waals surface area contributed by atoms with E-state index < -0.39 is 24.7 Å². The fourth-order valence-electron chi connectivity index (χ4n) is 4.94. The highest BCUT2D eigenvalue weighted by Crippen LogP contribution is 2.25. The number of nitrogens with one attached hydrogen (secondary N) is 1. The van der Waals surface area contributed by atoms with Gasteiger partial charge in [0, 0.05) is 12.1 Å². The van der Waals surface area contributed by atoms with E-state index in [1.807, 2.05) is 44.2 Å². The maximum atomic E-state index is 13.3. The summed E-state index contributed by atoms with van der Waals surface area (Å²) in [5.41, 5.74) is 0.542. The third kappa shape index (κ3) is 7.57. The molecule has 10 heteroatoms. The van der Waals surface area contributed by atoms with Crippen molar-refractivity contribution < 1.29 is 24.4 Å². The normalized spacial score (nSPS) is 19.9. The molecular formula is C26H37BN4O5. The second kappa shape index (κ2) is 12.9. The summed E-state index contributed by atoms with van der Waals surface area (Å²) in [4.78, 5) is 29.7. The van der Waals surface area contributed by atoms with Crippen LogP contribution in [0.15, 0.2) is 42.0 Å². The van der Waals surface area contributed by atoms with Crippen molar-refractivity contribution in [3.63, 3.8) is 0 Å². The van der Waals surface area contributed by atoms with Crippen LogP contribution in [0.1, 0.15) is 51.5 Å². The average Bonchev–Trinajstić information content (AvgIpc) is 3.42. The van der Waals surface area contributed by atoms with Crippen molar-refractivity contribution in [3.8, 4) is 6.07 Å². The van der Waals surface area contributed by atoms with Crippen LogP contribution in [0, 0.1) is 11.3 Å². The molecule has 2 heterocycles. The van der Waals surface area contributed by atoms with E-state index in [2.05, 4.69) is 16.3 Å². The Labute approximate surface area is 213 Å². The number of carbonyl (C=O) groups is 2. The molecule has 0 aliphatic carbocycles. The Kier molecular flexibility index (Phi) is 9.93. The molecule has 2 aliphatic rings. The molecule has 36 heavy (non-hydrogen) atoms. The minimum Gasteiger partial charge on any atom is -0.447 e. The van der Waals surface area contributed by atoms with Crippen LogP contribution < -0.4 is 5.32 Å². The monoisotopic (exact) mass is 496 g/mol. The molecule has 194 valence electrons. The van der Waals surface area contributed by atoms with E-state index in [-0.39, 0.29) is 30.5 Å². The zero-order chi connectivity index (χ0) is 26.1. The molecule has 2 fully saturated rings. The predicted molar refractivity (Wildman–Crippen MR) is 137 cm³/mol. The molecule has 0 unspecified atom stereocenters. The second-order valence-corrected chi connectivity index (χ2v) is 10.1. The van der Waals surface area contributed by atoms with Crippen LogP contribution in [0.2, 0.25) is 0 Å². The summed E-state index contributed by atoms with van der Waals surface area (Å²) in [7, 11) is -1.76. The van der Waals surface area contributed by atoms with Crippen molar-refractivity contribution in [2.24, 2.45) is 0 Å². The summed E-state index contributed by atoms with van der Waals surface area (Å²) in [6.07, 6.45) is 5.79. The fourth-order valence-corrected chi connectivity index (χ4v) is 4.94. The third-order valence-electron chi connectivity index (χ3n) is 7.03. The molecule has 3 rings (SSSR count). The lowest BCUT2D eigenvalue weighted by Crippen LogP contribution is -2.50. The molecule has 0 bridgehead atoms. The van der Waals surface area contributed by atoms with Gasteiger partial charge in [-0.3, -0.25) is 9.69 Å². The number of hydrogen-bond donors (Lipinski definition) is 3. The van der Waals surface area contributed by atoms with Crippen molar-refractivity contribution in [2.75, 3.05) is 26.2 Å². The van der Waals surface area contributed by atoms with Crippen LogP contribution in [-0.2, 0) is 16.0 Å². The minimum absolute atomic E-state index is 0.0363. The minimum atomic E-state index is -1.76. The van der Waals surface area contributed by atoms with Crippen molar-refractivity contribution in [3.05, 3.63) is 47.5 Å². The maximum absolute atomic E-state index is 13.3. The molecule has 2 amide bonds. The SMILES string of the molecule is CC(C)(/C=C(/C#N)C(=O)N1CCCC[C@@H]1COC(=O)N[C@@H](Cc1ccccc1)B(O)O)N1CCCC1. The number of ether oxygens (including phenoxy) is 1. The van der Waals surface area contributed by atoms with E-state index in [4.69, 9.17) is 4.74 Å². The van der Waals surface area contributed by atoms with Crippen LogP contribution in [0.5, 0.6) is 0 Å². The van der Waals surface area contributed by atoms with Crippen LogP contribution in [0.25, 0.3) is 0 Å². The molecule has 0 saturated carbocycles. The van der Waals surface area contributed by atoms with E-state index in [1.165, 1.54) is 0 Å². The molecule has 0 spiro atoms. The standard InChI is InChI=1S/C26H37BN4O5/c1-26(2,30-13-8-9-14-30)17-21(18-28)24(32)31-15-7-6-12-22(31)19-36-25(33)29-23(27(34)35)16-20-10-4-3-5-11-20/h3-5,10-11,17,22-23,34-35H,6-9,12-16,19H2,1-2H3,(H,29,33)/b21-17-/t22-,23+/m1/s1. The van der Waals surface area contributed by atoms with Gasteiger partial charge < -0.3 is 25.0 Å². The van der Waals surface area contributed by atoms with Gasteiger partial charge in [0.05, 0.1) is 12.0 Å².